The van der Waals surface area contributed by atoms with Gasteiger partial charge in [-0.05, 0) is 206 Å². The highest BCUT2D eigenvalue weighted by molar-refractivity contribution is 7.27. The summed E-state index contributed by atoms with van der Waals surface area (Å²) in [6, 6.07) is 37.2. The molecule has 0 saturated carbocycles. The van der Waals surface area contributed by atoms with E-state index < -0.39 is 0 Å². The summed E-state index contributed by atoms with van der Waals surface area (Å²) in [5.74, 6) is 0. The Balaban J connectivity index is 1.21. The average molecular weight is 957 g/mol. The zero-order valence-electron chi connectivity index (χ0n) is 46.0. The molecule has 0 radical (unpaired) electrons. The minimum absolute atomic E-state index is 0.0556. The Morgan fingerprint density at radius 2 is 1.10 bits per heavy atom. The van der Waals surface area contributed by atoms with Crippen LogP contribution in [0.1, 0.15) is 199 Å². The molecule has 0 atom stereocenters. The number of nitrogens with zero attached hydrogens (tertiary/aromatic N) is 1. The summed E-state index contributed by atoms with van der Waals surface area (Å²) < 4.78 is 2.80. The highest BCUT2D eigenvalue weighted by Gasteiger charge is 2.42. The van der Waals surface area contributed by atoms with Gasteiger partial charge in [0.05, 0.1) is 0 Å². The molecular weight excluding hydrogens is 876 g/mol. The predicted molar refractivity (Wildman–Crippen MR) is 314 cm³/mol. The van der Waals surface area contributed by atoms with Crippen LogP contribution in [-0.4, -0.2) is 7.28 Å². The van der Waals surface area contributed by atoms with E-state index in [0.29, 0.717) is 0 Å². The van der Waals surface area contributed by atoms with Crippen LogP contribution < -0.4 is 21.1 Å². The summed E-state index contributed by atoms with van der Waals surface area (Å²) >= 11 is 1.99. The molecule has 1 aliphatic heterocycles. The van der Waals surface area contributed by atoms with Crippen molar-refractivity contribution in [2.75, 3.05) is 10.2 Å². The molecule has 4 heteroatoms. The standard InChI is InChI=1S/C67H81BN2S/c1-15-16-17-18-21-42-35-47(46-38-51-52(66(11,12)32-31-65(51,9)10)39-54(46)69-43-24-26-48-50(37-43)64(7,8)29-28-62(48,3)4)59-57(36-42)70(56-40-53-49(34-41(56)2)63(5,6)30-33-67(53,13)14)55-27-25-45-44-22-19-20-23-58(44)71-61(45)60(55)68-59/h19-20,22-27,34-40,68-69H,15-18,21,28-33H2,1-14H3. The molecule has 0 bridgehead atoms. The SMILES string of the molecule is CCCCCCc1cc(-c2cc3c(cc2Nc2ccc4c(c2)C(C)(C)CCC4(C)C)C(C)(C)CCC3(C)C)c2c(c1)N(c1cc3c(cc1C)C(C)(C)CCC3(C)C)c1ccc3c(sc4ccccc43)c1B2. The van der Waals surface area contributed by atoms with Gasteiger partial charge in [0.15, 0.2) is 7.28 Å². The first-order valence-electron chi connectivity index (χ1n) is 27.7. The number of unbranched alkanes of at least 4 members (excludes halogenated alkanes) is 3. The molecule has 1 aromatic heterocycles. The molecule has 2 nitrogen and oxygen atoms in total. The number of anilines is 5. The van der Waals surface area contributed by atoms with E-state index in [0.717, 1.165) is 13.7 Å². The highest BCUT2D eigenvalue weighted by Crippen LogP contribution is 2.53. The molecule has 11 rings (SSSR count). The number of hydrogen-bond donors (Lipinski definition) is 1. The van der Waals surface area contributed by atoms with Gasteiger partial charge >= 0.3 is 0 Å². The van der Waals surface area contributed by atoms with Crippen LogP contribution >= 0.6 is 11.3 Å². The van der Waals surface area contributed by atoms with Crippen LogP contribution in [0.2, 0.25) is 0 Å². The largest absolute Gasteiger partial charge is 0.355 e. The van der Waals surface area contributed by atoms with E-state index in [1.54, 1.807) is 0 Å². The second-order valence-electron chi connectivity index (χ2n) is 26.8. The van der Waals surface area contributed by atoms with Crippen molar-refractivity contribution >= 4 is 78.2 Å². The van der Waals surface area contributed by atoms with Gasteiger partial charge in [0, 0.05) is 48.8 Å². The Morgan fingerprint density at radius 3 is 1.76 bits per heavy atom. The molecule has 0 unspecified atom stereocenters. The van der Waals surface area contributed by atoms with Crippen molar-refractivity contribution in [1.29, 1.82) is 0 Å². The van der Waals surface area contributed by atoms with Crippen molar-refractivity contribution in [2.45, 2.75) is 200 Å². The Morgan fingerprint density at radius 1 is 0.507 bits per heavy atom. The number of nitrogens with one attached hydrogen (secondary N) is 1. The number of aryl methyl sites for hydroxylation is 2. The maximum atomic E-state index is 4.25. The maximum Gasteiger partial charge on any atom is 0.200 e. The summed E-state index contributed by atoms with van der Waals surface area (Å²) in [4.78, 5) is 2.75. The Labute approximate surface area is 432 Å². The van der Waals surface area contributed by atoms with Gasteiger partial charge in [0.2, 0.25) is 0 Å². The zero-order valence-corrected chi connectivity index (χ0v) is 46.8. The molecule has 6 aromatic carbocycles. The number of benzene rings is 6. The second kappa shape index (κ2) is 16.9. The van der Waals surface area contributed by atoms with Crippen molar-refractivity contribution in [1.82, 2.24) is 0 Å². The van der Waals surface area contributed by atoms with Gasteiger partial charge in [0.1, 0.15) is 0 Å². The van der Waals surface area contributed by atoms with E-state index in [9.17, 15) is 0 Å². The topological polar surface area (TPSA) is 15.3 Å². The zero-order chi connectivity index (χ0) is 50.2. The molecule has 4 aliphatic rings. The Bertz CT molecular complexity index is 3280. The highest BCUT2D eigenvalue weighted by atomic mass is 32.1. The van der Waals surface area contributed by atoms with Crippen molar-refractivity contribution in [3.05, 3.63) is 136 Å². The van der Waals surface area contributed by atoms with Gasteiger partial charge in [-0.25, -0.2) is 0 Å². The molecule has 0 saturated heterocycles. The number of thiophene rings is 1. The van der Waals surface area contributed by atoms with Crippen LogP contribution in [0.3, 0.4) is 0 Å². The molecule has 7 aromatic rings. The number of hydrogen-bond acceptors (Lipinski definition) is 3. The lowest BCUT2D eigenvalue weighted by Crippen LogP contribution is -2.42. The van der Waals surface area contributed by atoms with Crippen LogP contribution in [0.25, 0.3) is 31.3 Å². The molecule has 0 spiro atoms. The third-order valence-corrected chi connectivity index (χ3v) is 20.1. The second-order valence-corrected chi connectivity index (χ2v) is 27.9. The lowest BCUT2D eigenvalue weighted by atomic mass is 9.57. The van der Waals surface area contributed by atoms with Crippen molar-refractivity contribution in [2.24, 2.45) is 0 Å². The van der Waals surface area contributed by atoms with Crippen LogP contribution in [-0.2, 0) is 38.9 Å². The lowest BCUT2D eigenvalue weighted by molar-refractivity contribution is 0.332. The first kappa shape index (κ1) is 48.5. The van der Waals surface area contributed by atoms with Crippen LogP contribution in [0.15, 0.2) is 91.0 Å². The average Bonchev–Trinajstić information content (AvgIpc) is 3.71. The van der Waals surface area contributed by atoms with Gasteiger partial charge in [-0.3, -0.25) is 0 Å². The first-order valence-corrected chi connectivity index (χ1v) is 28.5. The Kier molecular flexibility index (Phi) is 11.5. The Hall–Kier alpha value is -4.80. The first-order chi connectivity index (χ1) is 33.5. The molecule has 0 fully saturated rings. The predicted octanol–water partition coefficient (Wildman–Crippen LogP) is 18.1. The minimum atomic E-state index is 0.0556. The normalized spacial score (nSPS) is 19.5. The molecule has 0 amide bonds. The van der Waals surface area contributed by atoms with Gasteiger partial charge in [0.25, 0.3) is 0 Å². The van der Waals surface area contributed by atoms with E-state index >= 15 is 0 Å². The fourth-order valence-electron chi connectivity index (χ4n) is 13.7. The molecule has 71 heavy (non-hydrogen) atoms. The fourth-order valence-corrected chi connectivity index (χ4v) is 15.0. The van der Waals surface area contributed by atoms with E-state index in [4.69, 9.17) is 0 Å². The number of rotatable bonds is 9. The summed E-state index contributed by atoms with van der Waals surface area (Å²) in [6.07, 6.45) is 13.2. The monoisotopic (exact) mass is 957 g/mol. The van der Waals surface area contributed by atoms with Crippen molar-refractivity contribution < 1.29 is 0 Å². The van der Waals surface area contributed by atoms with E-state index in [1.165, 1.54) is 179 Å². The van der Waals surface area contributed by atoms with Gasteiger partial charge in [-0.2, -0.15) is 0 Å². The maximum absolute atomic E-state index is 4.25. The summed E-state index contributed by atoms with van der Waals surface area (Å²) in [5.41, 5.74) is 24.6. The van der Waals surface area contributed by atoms with E-state index in [-0.39, 0.29) is 32.5 Å². The molecular formula is C67H81BN2S. The van der Waals surface area contributed by atoms with Gasteiger partial charge < -0.3 is 10.2 Å². The quantitative estimate of drug-likeness (QED) is 0.115. The van der Waals surface area contributed by atoms with E-state index in [1.807, 2.05) is 11.3 Å². The third-order valence-electron chi connectivity index (χ3n) is 18.9. The molecule has 1 N–H and O–H groups in total. The summed E-state index contributed by atoms with van der Waals surface area (Å²) in [7, 11) is 0.882. The summed E-state index contributed by atoms with van der Waals surface area (Å²) in [5, 5.41) is 6.99. The van der Waals surface area contributed by atoms with Crippen molar-refractivity contribution in [3.8, 4) is 11.1 Å². The van der Waals surface area contributed by atoms with Crippen LogP contribution in [0.4, 0.5) is 28.4 Å². The third kappa shape index (κ3) is 8.11. The minimum Gasteiger partial charge on any atom is -0.355 e. The lowest BCUT2D eigenvalue weighted by Gasteiger charge is -2.44. The molecule has 2 heterocycles. The van der Waals surface area contributed by atoms with Gasteiger partial charge in [-0.15, -0.1) is 11.3 Å². The fraction of sp³-hybridized carbons (Fsp3) is 0.463. The molecule has 368 valence electrons. The van der Waals surface area contributed by atoms with Crippen molar-refractivity contribution in [3.63, 3.8) is 0 Å². The van der Waals surface area contributed by atoms with Gasteiger partial charge in [-0.1, -0.05) is 152 Å². The van der Waals surface area contributed by atoms with E-state index in [2.05, 4.69) is 198 Å². The molecule has 3 aliphatic carbocycles. The summed E-state index contributed by atoms with van der Waals surface area (Å²) in [6.45, 7) is 34.4. The van der Waals surface area contributed by atoms with Crippen LogP contribution in [0.5, 0.6) is 0 Å². The van der Waals surface area contributed by atoms with Crippen LogP contribution in [0, 0.1) is 6.92 Å². The number of fused-ring (bicyclic) bond motifs is 9. The smallest absolute Gasteiger partial charge is 0.200 e.